The van der Waals surface area contributed by atoms with Crippen LogP contribution in [0.2, 0.25) is 0 Å². The van der Waals surface area contributed by atoms with Crippen LogP contribution in [0.1, 0.15) is 17.0 Å². The standard InChI is InChI=1S/C19H12F3N5S/c20-19(21,22)13-4-5-16-14(7-13)27-18(28-16)25-10-17-24-9-15(26-17)12-3-1-2-11(6-12)8-23/h1-7,9H,10H2,(H,24,26)(H,25,27). The van der Waals surface area contributed by atoms with E-state index < -0.39 is 11.7 Å². The van der Waals surface area contributed by atoms with Gasteiger partial charge in [-0.25, -0.2) is 9.97 Å². The molecule has 2 heterocycles. The van der Waals surface area contributed by atoms with Crippen LogP contribution in [0.25, 0.3) is 21.5 Å². The molecule has 0 saturated heterocycles. The lowest BCUT2D eigenvalue weighted by Gasteiger charge is -2.04. The topological polar surface area (TPSA) is 77.4 Å². The number of benzene rings is 2. The van der Waals surface area contributed by atoms with Gasteiger partial charge in [0.05, 0.1) is 45.8 Å². The second-order valence-electron chi connectivity index (χ2n) is 5.99. The van der Waals surface area contributed by atoms with Gasteiger partial charge in [-0.15, -0.1) is 0 Å². The van der Waals surface area contributed by atoms with E-state index in [0.717, 1.165) is 23.4 Å². The SMILES string of the molecule is N#Cc1cccc(-c2cnc(CNc3nc4cc(C(F)(F)F)ccc4s3)[nH]2)c1. The van der Waals surface area contributed by atoms with E-state index in [-0.39, 0.29) is 0 Å². The molecule has 0 aliphatic carbocycles. The number of hydrogen-bond acceptors (Lipinski definition) is 5. The first kappa shape index (κ1) is 18.0. The third-order valence-electron chi connectivity index (χ3n) is 4.05. The van der Waals surface area contributed by atoms with Crippen molar-refractivity contribution in [3.8, 4) is 17.3 Å². The highest BCUT2D eigenvalue weighted by Gasteiger charge is 2.30. The summed E-state index contributed by atoms with van der Waals surface area (Å²) in [5.41, 5.74) is 1.76. The van der Waals surface area contributed by atoms with E-state index in [9.17, 15) is 13.2 Å². The molecule has 0 atom stereocenters. The Morgan fingerprint density at radius 1 is 1.18 bits per heavy atom. The molecule has 5 nitrogen and oxygen atoms in total. The molecular weight excluding hydrogens is 387 g/mol. The van der Waals surface area contributed by atoms with E-state index in [2.05, 4.69) is 26.3 Å². The van der Waals surface area contributed by atoms with E-state index in [0.29, 0.717) is 33.3 Å². The molecule has 2 aromatic heterocycles. The first-order valence-electron chi connectivity index (χ1n) is 8.18. The Balaban J connectivity index is 1.49. The fourth-order valence-corrected chi connectivity index (χ4v) is 3.54. The number of fused-ring (bicyclic) bond motifs is 1. The summed E-state index contributed by atoms with van der Waals surface area (Å²) in [7, 11) is 0. The molecular formula is C19H12F3N5S. The van der Waals surface area contributed by atoms with E-state index in [1.807, 2.05) is 6.07 Å². The number of halogens is 3. The molecule has 9 heteroatoms. The summed E-state index contributed by atoms with van der Waals surface area (Å²) in [6, 6.07) is 12.8. The van der Waals surface area contributed by atoms with Crippen LogP contribution in [-0.4, -0.2) is 15.0 Å². The number of thiazole rings is 1. The Kier molecular flexibility index (Phi) is 4.49. The van der Waals surface area contributed by atoms with Gasteiger partial charge in [0.1, 0.15) is 5.82 Å². The van der Waals surface area contributed by atoms with Gasteiger partial charge in [0.2, 0.25) is 0 Å². The summed E-state index contributed by atoms with van der Waals surface area (Å²) in [5.74, 6) is 0.646. The number of rotatable bonds is 4. The molecule has 0 aliphatic heterocycles. The zero-order chi connectivity index (χ0) is 19.7. The predicted molar refractivity (Wildman–Crippen MR) is 101 cm³/mol. The number of nitrogens with one attached hydrogen (secondary N) is 2. The van der Waals surface area contributed by atoms with E-state index >= 15 is 0 Å². The normalized spacial score (nSPS) is 11.5. The molecule has 2 aromatic carbocycles. The lowest BCUT2D eigenvalue weighted by atomic mass is 10.1. The van der Waals surface area contributed by atoms with Gasteiger partial charge >= 0.3 is 6.18 Å². The minimum Gasteiger partial charge on any atom is -0.354 e. The Morgan fingerprint density at radius 3 is 2.82 bits per heavy atom. The Morgan fingerprint density at radius 2 is 2.04 bits per heavy atom. The zero-order valence-electron chi connectivity index (χ0n) is 14.2. The van der Waals surface area contributed by atoms with Crippen molar-refractivity contribution >= 4 is 26.7 Å². The van der Waals surface area contributed by atoms with Crippen molar-refractivity contribution in [2.24, 2.45) is 0 Å². The van der Waals surface area contributed by atoms with Crippen LogP contribution < -0.4 is 5.32 Å². The van der Waals surface area contributed by atoms with Crippen molar-refractivity contribution in [1.82, 2.24) is 15.0 Å². The van der Waals surface area contributed by atoms with Crippen molar-refractivity contribution in [3.63, 3.8) is 0 Å². The summed E-state index contributed by atoms with van der Waals surface area (Å²) in [6.07, 6.45) is -2.72. The monoisotopic (exact) mass is 399 g/mol. The number of hydrogen-bond donors (Lipinski definition) is 2. The number of nitriles is 1. The van der Waals surface area contributed by atoms with Gasteiger partial charge < -0.3 is 10.3 Å². The Hall–Kier alpha value is -3.38. The Bertz CT molecular complexity index is 1190. The zero-order valence-corrected chi connectivity index (χ0v) is 15.0. The van der Waals surface area contributed by atoms with Gasteiger partial charge in [0.15, 0.2) is 5.13 Å². The fourth-order valence-electron chi connectivity index (χ4n) is 2.69. The molecule has 4 rings (SSSR count). The summed E-state index contributed by atoms with van der Waals surface area (Å²) in [5, 5.41) is 12.6. The predicted octanol–water partition coefficient (Wildman–Crippen LogP) is 5.19. The molecule has 28 heavy (non-hydrogen) atoms. The molecule has 0 fully saturated rings. The summed E-state index contributed by atoms with van der Waals surface area (Å²) >= 11 is 1.28. The number of aromatic nitrogens is 3. The highest BCUT2D eigenvalue weighted by atomic mass is 32.1. The van der Waals surface area contributed by atoms with Gasteiger partial charge in [-0.05, 0) is 30.3 Å². The van der Waals surface area contributed by atoms with Crippen LogP contribution >= 0.6 is 11.3 Å². The number of nitrogens with zero attached hydrogens (tertiary/aromatic N) is 3. The number of imidazole rings is 1. The quantitative estimate of drug-likeness (QED) is 0.495. The van der Waals surface area contributed by atoms with Gasteiger partial charge in [0, 0.05) is 5.56 Å². The second-order valence-corrected chi connectivity index (χ2v) is 7.02. The minimum absolute atomic E-state index is 0.302. The van der Waals surface area contributed by atoms with Crippen LogP contribution in [0.15, 0.2) is 48.7 Å². The molecule has 0 unspecified atom stereocenters. The molecule has 0 radical (unpaired) electrons. The van der Waals surface area contributed by atoms with Crippen molar-refractivity contribution < 1.29 is 13.2 Å². The molecule has 140 valence electrons. The van der Waals surface area contributed by atoms with E-state index in [1.165, 1.54) is 17.4 Å². The van der Waals surface area contributed by atoms with Crippen LogP contribution in [0.4, 0.5) is 18.3 Å². The fraction of sp³-hybridized carbons (Fsp3) is 0.105. The second kappa shape index (κ2) is 6.98. The average Bonchev–Trinajstić information content (AvgIpc) is 3.31. The van der Waals surface area contributed by atoms with Crippen molar-refractivity contribution in [3.05, 3.63) is 65.6 Å². The summed E-state index contributed by atoms with van der Waals surface area (Å²) < 4.78 is 39.1. The minimum atomic E-state index is -4.39. The number of aromatic amines is 1. The molecule has 0 spiro atoms. The maximum Gasteiger partial charge on any atom is 0.416 e. The maximum atomic E-state index is 12.8. The summed E-state index contributed by atoms with van der Waals surface area (Å²) in [4.78, 5) is 11.7. The number of H-pyrrole nitrogens is 1. The first-order valence-corrected chi connectivity index (χ1v) is 9.00. The third-order valence-corrected chi connectivity index (χ3v) is 5.05. The first-order chi connectivity index (χ1) is 13.4. The van der Waals surface area contributed by atoms with Crippen LogP contribution in [0, 0.1) is 11.3 Å². The highest BCUT2D eigenvalue weighted by Crippen LogP contribution is 2.34. The number of anilines is 1. The third kappa shape index (κ3) is 3.68. The van der Waals surface area contributed by atoms with E-state index in [4.69, 9.17) is 5.26 Å². The Labute approximate surface area is 161 Å². The summed E-state index contributed by atoms with van der Waals surface area (Å²) in [6.45, 7) is 0.337. The highest BCUT2D eigenvalue weighted by molar-refractivity contribution is 7.22. The van der Waals surface area contributed by atoms with Crippen molar-refractivity contribution in [2.75, 3.05) is 5.32 Å². The molecule has 0 saturated carbocycles. The lowest BCUT2D eigenvalue weighted by Crippen LogP contribution is -2.04. The van der Waals surface area contributed by atoms with Gasteiger partial charge in [-0.2, -0.15) is 18.4 Å². The van der Waals surface area contributed by atoms with E-state index in [1.54, 1.807) is 24.4 Å². The van der Waals surface area contributed by atoms with Crippen molar-refractivity contribution in [2.45, 2.75) is 12.7 Å². The van der Waals surface area contributed by atoms with Gasteiger partial charge in [-0.3, -0.25) is 0 Å². The van der Waals surface area contributed by atoms with Crippen LogP contribution in [0.5, 0.6) is 0 Å². The smallest absolute Gasteiger partial charge is 0.354 e. The largest absolute Gasteiger partial charge is 0.416 e. The molecule has 4 aromatic rings. The van der Waals surface area contributed by atoms with Gasteiger partial charge in [-0.1, -0.05) is 23.5 Å². The number of alkyl halides is 3. The van der Waals surface area contributed by atoms with Crippen LogP contribution in [0.3, 0.4) is 0 Å². The van der Waals surface area contributed by atoms with Crippen molar-refractivity contribution in [1.29, 1.82) is 5.26 Å². The van der Waals surface area contributed by atoms with Gasteiger partial charge in [0.25, 0.3) is 0 Å². The average molecular weight is 399 g/mol. The molecule has 0 bridgehead atoms. The molecule has 0 amide bonds. The molecule has 0 aliphatic rings. The maximum absolute atomic E-state index is 12.8. The van der Waals surface area contributed by atoms with Crippen LogP contribution in [-0.2, 0) is 12.7 Å². The lowest BCUT2D eigenvalue weighted by molar-refractivity contribution is -0.137. The molecule has 2 N–H and O–H groups in total.